The van der Waals surface area contributed by atoms with Crippen molar-refractivity contribution in [1.82, 2.24) is 10.5 Å². The Labute approximate surface area is 169 Å². The second kappa shape index (κ2) is 8.14. The van der Waals surface area contributed by atoms with Gasteiger partial charge < -0.3 is 29.0 Å². The number of benzene rings is 2. The summed E-state index contributed by atoms with van der Waals surface area (Å²) in [5.41, 5.74) is 4.14. The third-order valence-corrected chi connectivity index (χ3v) is 5.18. The standard InChI is InChI=1S/C22H23N3O4/c1-2-4-17(5-3-1)21-18(22(29-24-21)25-8-10-26-11-9-25)14-23-13-16-6-7-19-20(12-16)28-15-27-19/h1-7,12,23H,8-11,13-15H2. The third kappa shape index (κ3) is 3.79. The monoisotopic (exact) mass is 393 g/mol. The van der Waals surface area contributed by atoms with Gasteiger partial charge in [-0.25, -0.2) is 0 Å². The van der Waals surface area contributed by atoms with Crippen LogP contribution in [0.2, 0.25) is 0 Å². The van der Waals surface area contributed by atoms with Gasteiger partial charge in [0, 0.05) is 31.7 Å². The lowest BCUT2D eigenvalue weighted by Gasteiger charge is -2.26. The highest BCUT2D eigenvalue weighted by Gasteiger charge is 2.24. The maximum absolute atomic E-state index is 5.80. The molecule has 3 aromatic rings. The molecule has 0 radical (unpaired) electrons. The Morgan fingerprint density at radius 1 is 0.931 bits per heavy atom. The number of nitrogens with zero attached hydrogens (tertiary/aromatic N) is 2. The molecule has 2 aromatic carbocycles. The minimum absolute atomic E-state index is 0.288. The summed E-state index contributed by atoms with van der Waals surface area (Å²) in [5, 5.41) is 7.93. The number of fused-ring (bicyclic) bond motifs is 1. The van der Waals surface area contributed by atoms with Gasteiger partial charge in [0.15, 0.2) is 11.5 Å². The van der Waals surface area contributed by atoms with Crippen LogP contribution in [0.3, 0.4) is 0 Å². The second-order valence-electron chi connectivity index (χ2n) is 7.07. The molecule has 0 unspecified atom stereocenters. The number of rotatable bonds is 6. The Hall–Kier alpha value is -3.03. The quantitative estimate of drug-likeness (QED) is 0.690. The zero-order valence-corrected chi connectivity index (χ0v) is 16.1. The number of hydrogen-bond donors (Lipinski definition) is 1. The van der Waals surface area contributed by atoms with Gasteiger partial charge in [-0.05, 0) is 17.7 Å². The minimum atomic E-state index is 0.288. The maximum Gasteiger partial charge on any atom is 0.232 e. The average molecular weight is 393 g/mol. The zero-order chi connectivity index (χ0) is 19.5. The van der Waals surface area contributed by atoms with E-state index >= 15 is 0 Å². The summed E-state index contributed by atoms with van der Waals surface area (Å²) in [7, 11) is 0. The van der Waals surface area contributed by atoms with Crippen molar-refractivity contribution in [1.29, 1.82) is 0 Å². The SMILES string of the molecule is c1ccc(-c2noc(N3CCOCC3)c2CNCc2ccc3c(c2)OCO3)cc1. The lowest BCUT2D eigenvalue weighted by Crippen LogP contribution is -2.36. The predicted molar refractivity (Wildman–Crippen MR) is 108 cm³/mol. The van der Waals surface area contributed by atoms with Crippen LogP contribution in [-0.4, -0.2) is 38.3 Å². The lowest BCUT2D eigenvalue weighted by molar-refractivity contribution is 0.120. The summed E-state index contributed by atoms with van der Waals surface area (Å²) < 4.78 is 22.1. The highest BCUT2D eigenvalue weighted by Crippen LogP contribution is 2.33. The second-order valence-corrected chi connectivity index (χ2v) is 7.07. The molecule has 1 N–H and O–H groups in total. The minimum Gasteiger partial charge on any atom is -0.454 e. The summed E-state index contributed by atoms with van der Waals surface area (Å²) in [6, 6.07) is 16.2. The van der Waals surface area contributed by atoms with Crippen molar-refractivity contribution in [3.63, 3.8) is 0 Å². The number of anilines is 1. The molecule has 0 amide bonds. The fraction of sp³-hybridized carbons (Fsp3) is 0.318. The van der Waals surface area contributed by atoms with Crippen LogP contribution in [0.25, 0.3) is 11.3 Å². The van der Waals surface area contributed by atoms with Crippen LogP contribution >= 0.6 is 0 Å². The first-order valence-corrected chi connectivity index (χ1v) is 9.84. The van der Waals surface area contributed by atoms with Gasteiger partial charge in [-0.15, -0.1) is 0 Å². The van der Waals surface area contributed by atoms with E-state index < -0.39 is 0 Å². The van der Waals surface area contributed by atoms with Crippen LogP contribution in [-0.2, 0) is 17.8 Å². The van der Waals surface area contributed by atoms with Crippen molar-refractivity contribution in [2.45, 2.75) is 13.1 Å². The predicted octanol–water partition coefficient (Wildman–Crippen LogP) is 3.20. The molecule has 0 aliphatic carbocycles. The Bertz CT molecular complexity index is 967. The van der Waals surface area contributed by atoms with Crippen LogP contribution in [0.4, 0.5) is 5.88 Å². The molecule has 29 heavy (non-hydrogen) atoms. The van der Waals surface area contributed by atoms with E-state index in [1.54, 1.807) is 0 Å². The van der Waals surface area contributed by atoms with Gasteiger partial charge >= 0.3 is 0 Å². The average Bonchev–Trinajstić information content (AvgIpc) is 3.42. The molecule has 0 saturated carbocycles. The molecular formula is C22H23N3O4. The molecule has 0 atom stereocenters. The van der Waals surface area contributed by atoms with Crippen molar-refractivity contribution in [2.24, 2.45) is 0 Å². The fourth-order valence-corrected chi connectivity index (χ4v) is 3.68. The molecule has 0 bridgehead atoms. The first kappa shape index (κ1) is 18.0. The van der Waals surface area contributed by atoms with Gasteiger partial charge in [0.1, 0.15) is 5.69 Å². The number of ether oxygens (including phenoxy) is 3. The summed E-state index contributed by atoms with van der Waals surface area (Å²) in [6.07, 6.45) is 0. The molecule has 7 nitrogen and oxygen atoms in total. The van der Waals surface area contributed by atoms with Gasteiger partial charge in [-0.3, -0.25) is 0 Å². The van der Waals surface area contributed by atoms with Crippen LogP contribution in [0.1, 0.15) is 11.1 Å². The zero-order valence-electron chi connectivity index (χ0n) is 16.1. The highest BCUT2D eigenvalue weighted by molar-refractivity contribution is 5.68. The Morgan fingerprint density at radius 3 is 2.62 bits per heavy atom. The van der Waals surface area contributed by atoms with Crippen molar-refractivity contribution in [3.8, 4) is 22.8 Å². The molecule has 7 heteroatoms. The van der Waals surface area contributed by atoms with Crippen LogP contribution < -0.4 is 19.7 Å². The number of nitrogens with one attached hydrogen (secondary N) is 1. The molecule has 2 aliphatic heterocycles. The van der Waals surface area contributed by atoms with E-state index in [1.165, 1.54) is 0 Å². The van der Waals surface area contributed by atoms with Crippen LogP contribution in [0.15, 0.2) is 53.1 Å². The molecule has 1 saturated heterocycles. The van der Waals surface area contributed by atoms with Gasteiger partial charge in [-0.1, -0.05) is 41.6 Å². The van der Waals surface area contributed by atoms with Gasteiger partial charge in [-0.2, -0.15) is 0 Å². The van der Waals surface area contributed by atoms with Crippen LogP contribution in [0, 0.1) is 0 Å². The van der Waals surface area contributed by atoms with Crippen molar-refractivity contribution in [2.75, 3.05) is 38.0 Å². The first-order valence-electron chi connectivity index (χ1n) is 9.84. The van der Waals surface area contributed by atoms with Crippen molar-refractivity contribution < 1.29 is 18.7 Å². The fourth-order valence-electron chi connectivity index (χ4n) is 3.68. The van der Waals surface area contributed by atoms with Gasteiger partial charge in [0.2, 0.25) is 12.7 Å². The molecule has 3 heterocycles. The normalized spacial score (nSPS) is 15.7. The molecular weight excluding hydrogens is 370 g/mol. The first-order chi connectivity index (χ1) is 14.4. The molecule has 150 valence electrons. The summed E-state index contributed by atoms with van der Waals surface area (Å²) >= 11 is 0. The van der Waals surface area contributed by atoms with Crippen molar-refractivity contribution in [3.05, 3.63) is 59.7 Å². The molecule has 2 aliphatic rings. The molecule has 1 fully saturated rings. The number of aromatic nitrogens is 1. The van der Waals surface area contributed by atoms with E-state index in [9.17, 15) is 0 Å². The van der Waals surface area contributed by atoms with E-state index in [0.29, 0.717) is 26.3 Å². The van der Waals surface area contributed by atoms with Gasteiger partial charge in [0.25, 0.3) is 0 Å². The van der Waals surface area contributed by atoms with Crippen molar-refractivity contribution >= 4 is 5.88 Å². The van der Waals surface area contributed by atoms with E-state index in [2.05, 4.69) is 33.6 Å². The molecule has 0 spiro atoms. The molecule has 5 rings (SSSR count). The third-order valence-electron chi connectivity index (χ3n) is 5.18. The van der Waals surface area contributed by atoms with E-state index in [-0.39, 0.29) is 6.79 Å². The summed E-state index contributed by atoms with van der Waals surface area (Å²) in [4.78, 5) is 2.21. The van der Waals surface area contributed by atoms with E-state index in [4.69, 9.17) is 18.7 Å². The van der Waals surface area contributed by atoms with E-state index in [0.717, 1.165) is 52.9 Å². The largest absolute Gasteiger partial charge is 0.454 e. The maximum atomic E-state index is 5.80. The Kier molecular flexibility index (Phi) is 5.06. The topological polar surface area (TPSA) is 69.0 Å². The Balaban J connectivity index is 1.36. The molecule has 1 aromatic heterocycles. The highest BCUT2D eigenvalue weighted by atomic mass is 16.7. The van der Waals surface area contributed by atoms with Crippen LogP contribution in [0.5, 0.6) is 11.5 Å². The summed E-state index contributed by atoms with van der Waals surface area (Å²) in [6.45, 7) is 4.65. The smallest absolute Gasteiger partial charge is 0.232 e. The van der Waals surface area contributed by atoms with Gasteiger partial charge in [0.05, 0.1) is 18.8 Å². The number of morpholine rings is 1. The summed E-state index contributed by atoms with van der Waals surface area (Å²) in [5.74, 6) is 2.42. The lowest BCUT2D eigenvalue weighted by atomic mass is 10.1. The number of hydrogen-bond acceptors (Lipinski definition) is 7. The Morgan fingerprint density at radius 2 is 1.76 bits per heavy atom. The van der Waals surface area contributed by atoms with E-state index in [1.807, 2.05) is 30.3 Å².